The Bertz CT molecular complexity index is 585. The molecule has 3 heterocycles. The fourth-order valence-corrected chi connectivity index (χ4v) is 3.19. The maximum atomic E-state index is 15.5. The van der Waals surface area contributed by atoms with Gasteiger partial charge in [-0.2, -0.15) is 0 Å². The van der Waals surface area contributed by atoms with Crippen LogP contribution in [0.3, 0.4) is 0 Å². The number of nitrogens with zero attached hydrogens (tertiary/aromatic N) is 3. The summed E-state index contributed by atoms with van der Waals surface area (Å²) in [6.07, 6.45) is 0. The lowest BCUT2D eigenvalue weighted by molar-refractivity contribution is -0.196. The van der Waals surface area contributed by atoms with Gasteiger partial charge in [-0.15, -0.1) is 0 Å². The van der Waals surface area contributed by atoms with Gasteiger partial charge in [-0.25, -0.2) is 19.2 Å². The van der Waals surface area contributed by atoms with E-state index in [4.69, 9.17) is 9.47 Å². The van der Waals surface area contributed by atoms with Crippen LogP contribution in [0.5, 0.6) is 0 Å². The highest BCUT2D eigenvalue weighted by molar-refractivity contribution is 5.83. The van der Waals surface area contributed by atoms with Crippen LogP contribution in [-0.2, 0) is 14.3 Å². The second-order valence-corrected chi connectivity index (χ2v) is 6.07. The van der Waals surface area contributed by atoms with Crippen molar-refractivity contribution in [3.05, 3.63) is 17.6 Å². The van der Waals surface area contributed by atoms with Gasteiger partial charge in [0.2, 0.25) is 5.67 Å². The molecule has 2 saturated heterocycles. The van der Waals surface area contributed by atoms with Crippen LogP contribution < -0.4 is 4.90 Å². The monoisotopic (exact) mass is 309 g/mol. The first-order valence-corrected chi connectivity index (χ1v) is 7.41. The molecular formula is C15H20FN3O3. The number of ether oxygens (including phenoxy) is 2. The molecule has 0 N–H and O–H groups in total. The Morgan fingerprint density at radius 3 is 2.68 bits per heavy atom. The van der Waals surface area contributed by atoms with E-state index in [9.17, 15) is 4.79 Å². The van der Waals surface area contributed by atoms with Gasteiger partial charge in [-0.3, -0.25) is 0 Å². The number of rotatable bonds is 3. The van der Waals surface area contributed by atoms with Crippen LogP contribution in [0.15, 0.2) is 6.07 Å². The highest BCUT2D eigenvalue weighted by atomic mass is 19.1. The van der Waals surface area contributed by atoms with Gasteiger partial charge >= 0.3 is 5.97 Å². The number of carbonyl (C=O) groups is 1. The molecule has 1 aromatic rings. The van der Waals surface area contributed by atoms with E-state index in [0.29, 0.717) is 18.2 Å². The molecule has 0 amide bonds. The largest absolute Gasteiger partial charge is 0.464 e. The molecule has 0 bridgehead atoms. The van der Waals surface area contributed by atoms with Crippen LogP contribution in [-0.4, -0.2) is 54.5 Å². The average molecular weight is 309 g/mol. The summed E-state index contributed by atoms with van der Waals surface area (Å²) in [5.41, 5.74) is -2.09. The van der Waals surface area contributed by atoms with Crippen molar-refractivity contribution in [3.8, 4) is 0 Å². The van der Waals surface area contributed by atoms with Gasteiger partial charge in [0.05, 0.1) is 31.8 Å². The highest BCUT2D eigenvalue weighted by Gasteiger charge is 2.68. The van der Waals surface area contributed by atoms with Crippen molar-refractivity contribution in [1.29, 1.82) is 0 Å². The van der Waals surface area contributed by atoms with Gasteiger partial charge in [0, 0.05) is 18.3 Å². The standard InChI is InChI=1S/C15H20FN3O3/c1-4-22-13(20)15(16)7-19(6-14(15)8-21-9-14)12-5-10(2)17-11(3)18-12/h5H,4,6-9H2,1-3H3. The zero-order chi connectivity index (χ0) is 16.0. The van der Waals surface area contributed by atoms with Gasteiger partial charge in [0.1, 0.15) is 11.6 Å². The molecule has 2 aliphatic heterocycles. The van der Waals surface area contributed by atoms with Crippen LogP contribution in [0.4, 0.5) is 10.2 Å². The Kier molecular flexibility index (Phi) is 3.55. The minimum Gasteiger partial charge on any atom is -0.464 e. The second kappa shape index (κ2) is 5.15. The number of alkyl halides is 1. The highest BCUT2D eigenvalue weighted by Crippen LogP contribution is 2.49. The molecule has 1 unspecified atom stereocenters. The van der Waals surface area contributed by atoms with Gasteiger partial charge in [-0.1, -0.05) is 0 Å². The van der Waals surface area contributed by atoms with E-state index in [-0.39, 0.29) is 26.4 Å². The number of aryl methyl sites for hydroxylation is 2. The summed E-state index contributed by atoms with van der Waals surface area (Å²) in [5.74, 6) is 0.463. The number of hydrogen-bond donors (Lipinski definition) is 0. The quantitative estimate of drug-likeness (QED) is 0.782. The molecular weight excluding hydrogens is 289 g/mol. The number of anilines is 1. The van der Waals surface area contributed by atoms with E-state index in [1.165, 1.54) is 0 Å². The Hall–Kier alpha value is -1.76. The predicted molar refractivity (Wildman–Crippen MR) is 77.4 cm³/mol. The van der Waals surface area contributed by atoms with E-state index >= 15 is 4.39 Å². The fraction of sp³-hybridized carbons (Fsp3) is 0.667. The first kappa shape index (κ1) is 15.1. The van der Waals surface area contributed by atoms with E-state index in [0.717, 1.165) is 5.69 Å². The molecule has 6 nitrogen and oxygen atoms in total. The van der Waals surface area contributed by atoms with Crippen molar-refractivity contribution in [2.45, 2.75) is 26.4 Å². The molecule has 0 aliphatic carbocycles. The molecule has 22 heavy (non-hydrogen) atoms. The normalized spacial score (nSPS) is 26.1. The lowest BCUT2D eigenvalue weighted by Gasteiger charge is -2.43. The van der Waals surface area contributed by atoms with Crippen molar-refractivity contribution in [2.24, 2.45) is 5.41 Å². The van der Waals surface area contributed by atoms with Gasteiger partial charge in [-0.05, 0) is 20.8 Å². The molecule has 0 aromatic carbocycles. The summed E-state index contributed by atoms with van der Waals surface area (Å²) in [5, 5.41) is 0. The Morgan fingerprint density at radius 2 is 2.14 bits per heavy atom. The van der Waals surface area contributed by atoms with Crippen molar-refractivity contribution < 1.29 is 18.7 Å². The topological polar surface area (TPSA) is 64.5 Å². The van der Waals surface area contributed by atoms with Crippen LogP contribution >= 0.6 is 0 Å². The Morgan fingerprint density at radius 1 is 1.41 bits per heavy atom. The van der Waals surface area contributed by atoms with Crippen molar-refractivity contribution in [2.75, 3.05) is 37.8 Å². The third-order valence-corrected chi connectivity index (χ3v) is 4.38. The lowest BCUT2D eigenvalue weighted by Crippen LogP contribution is -2.61. The number of esters is 1. The van der Waals surface area contributed by atoms with E-state index < -0.39 is 17.1 Å². The maximum absolute atomic E-state index is 15.5. The average Bonchev–Trinajstić information content (AvgIpc) is 2.73. The number of aromatic nitrogens is 2. The van der Waals surface area contributed by atoms with Gasteiger partial charge < -0.3 is 14.4 Å². The molecule has 1 aromatic heterocycles. The van der Waals surface area contributed by atoms with Gasteiger partial charge in [0.15, 0.2) is 0 Å². The summed E-state index contributed by atoms with van der Waals surface area (Å²) in [6, 6.07) is 1.80. The number of hydrogen-bond acceptors (Lipinski definition) is 6. The molecule has 7 heteroatoms. The van der Waals surface area contributed by atoms with E-state index in [2.05, 4.69) is 9.97 Å². The van der Waals surface area contributed by atoms with Crippen molar-refractivity contribution in [1.82, 2.24) is 9.97 Å². The Balaban J connectivity index is 1.92. The summed E-state index contributed by atoms with van der Waals surface area (Å²) >= 11 is 0. The first-order valence-electron chi connectivity index (χ1n) is 7.41. The number of halogens is 1. The summed E-state index contributed by atoms with van der Waals surface area (Å²) < 4.78 is 25.7. The summed E-state index contributed by atoms with van der Waals surface area (Å²) in [4.78, 5) is 22.6. The smallest absolute Gasteiger partial charge is 0.346 e. The van der Waals surface area contributed by atoms with E-state index in [1.54, 1.807) is 24.8 Å². The summed E-state index contributed by atoms with van der Waals surface area (Å²) in [7, 11) is 0. The molecule has 0 radical (unpaired) electrons. The zero-order valence-electron chi connectivity index (χ0n) is 13.1. The minimum atomic E-state index is -2.06. The minimum absolute atomic E-state index is 0.0644. The molecule has 0 saturated carbocycles. The molecule has 3 rings (SSSR count). The molecule has 1 spiro atoms. The SMILES string of the molecule is CCOC(=O)C1(F)CN(c2cc(C)nc(C)n2)CC12COC2. The van der Waals surface area contributed by atoms with Crippen LogP contribution in [0.2, 0.25) is 0 Å². The molecule has 120 valence electrons. The number of carbonyl (C=O) groups excluding carboxylic acids is 1. The second-order valence-electron chi connectivity index (χ2n) is 6.07. The van der Waals surface area contributed by atoms with Gasteiger partial charge in [0.25, 0.3) is 0 Å². The first-order chi connectivity index (χ1) is 10.4. The third kappa shape index (κ3) is 2.15. The molecule has 2 fully saturated rings. The Labute approximate surface area is 128 Å². The third-order valence-electron chi connectivity index (χ3n) is 4.38. The predicted octanol–water partition coefficient (Wildman–Crippen LogP) is 1.20. The van der Waals surface area contributed by atoms with Crippen molar-refractivity contribution in [3.63, 3.8) is 0 Å². The summed E-state index contributed by atoms with van der Waals surface area (Å²) in [6.45, 7) is 6.27. The van der Waals surface area contributed by atoms with Crippen LogP contribution in [0.25, 0.3) is 0 Å². The molecule has 1 atom stereocenters. The van der Waals surface area contributed by atoms with Crippen molar-refractivity contribution >= 4 is 11.8 Å². The molecule has 2 aliphatic rings. The fourth-order valence-electron chi connectivity index (χ4n) is 3.19. The van der Waals surface area contributed by atoms with Crippen LogP contribution in [0, 0.1) is 19.3 Å². The maximum Gasteiger partial charge on any atom is 0.346 e. The van der Waals surface area contributed by atoms with E-state index in [1.807, 2.05) is 6.92 Å². The van der Waals surface area contributed by atoms with Crippen LogP contribution in [0.1, 0.15) is 18.4 Å². The zero-order valence-corrected chi connectivity index (χ0v) is 13.1. The lowest BCUT2D eigenvalue weighted by atomic mass is 9.74.